The van der Waals surface area contributed by atoms with Gasteiger partial charge in [-0.2, -0.15) is 4.98 Å². The van der Waals surface area contributed by atoms with Crippen molar-refractivity contribution in [3.8, 4) is 45.5 Å². The molecule has 52 heavy (non-hydrogen) atoms. The van der Waals surface area contributed by atoms with Gasteiger partial charge in [-0.05, 0) is 77.7 Å². The average molecular weight is 699 g/mol. The highest BCUT2D eigenvalue weighted by Crippen LogP contribution is 2.29. The lowest BCUT2D eigenvalue weighted by Crippen LogP contribution is -2.37. The fourth-order valence-corrected chi connectivity index (χ4v) is 5.67. The van der Waals surface area contributed by atoms with Crippen LogP contribution < -0.4 is 14.8 Å². The summed E-state index contributed by atoms with van der Waals surface area (Å²) in [6.45, 7) is 1.87. The molecule has 0 saturated heterocycles. The summed E-state index contributed by atoms with van der Waals surface area (Å²) in [7, 11) is 3.08. The Labute approximate surface area is 301 Å². The van der Waals surface area contributed by atoms with E-state index < -0.39 is 12.2 Å². The molecule has 5 aromatic carbocycles. The number of anilines is 1. The van der Waals surface area contributed by atoms with E-state index in [0.717, 1.165) is 33.4 Å². The molecule has 11 nitrogen and oxygen atoms in total. The van der Waals surface area contributed by atoms with Crippen molar-refractivity contribution in [2.75, 3.05) is 26.1 Å². The number of aliphatic hydroxyl groups excluding tert-OH is 1. The van der Waals surface area contributed by atoms with Crippen LogP contribution in [-0.2, 0) is 17.8 Å². The van der Waals surface area contributed by atoms with Gasteiger partial charge >= 0.3 is 0 Å². The highest BCUT2D eigenvalue weighted by molar-refractivity contribution is 5.96. The van der Waals surface area contributed by atoms with Crippen molar-refractivity contribution in [1.29, 1.82) is 0 Å². The molecule has 6 rings (SSSR count). The normalized spacial score (nSPS) is 11.0. The first-order valence-electron chi connectivity index (χ1n) is 16.6. The highest BCUT2D eigenvalue weighted by atomic mass is 16.5. The molecule has 0 atom stereocenters. The topological polar surface area (TPSA) is 147 Å². The summed E-state index contributed by atoms with van der Waals surface area (Å²) in [6.07, 6.45) is -1.62. The Kier molecular flexibility index (Phi) is 11.0. The Hall–Kier alpha value is -6.30. The summed E-state index contributed by atoms with van der Waals surface area (Å²) in [6, 6.07) is 35.2. The van der Waals surface area contributed by atoms with Gasteiger partial charge in [0.2, 0.25) is 11.7 Å². The Morgan fingerprint density at radius 1 is 0.750 bits per heavy atom. The van der Waals surface area contributed by atoms with Gasteiger partial charge in [0.05, 0.1) is 27.2 Å². The zero-order valence-corrected chi connectivity index (χ0v) is 28.9. The third kappa shape index (κ3) is 8.70. The molecule has 3 N–H and O–H groups in total. The molecule has 0 aliphatic heterocycles. The summed E-state index contributed by atoms with van der Waals surface area (Å²) in [5.74, 6) is 1.26. The number of rotatable bonds is 13. The molecule has 0 saturated carbocycles. The molecule has 0 radical (unpaired) electrons. The molecule has 264 valence electrons. The van der Waals surface area contributed by atoms with Crippen LogP contribution in [0.3, 0.4) is 0 Å². The van der Waals surface area contributed by atoms with Crippen LogP contribution in [0.15, 0.2) is 120 Å². The number of hydrogen-bond acceptors (Lipinski definition) is 9. The van der Waals surface area contributed by atoms with Crippen LogP contribution in [0.4, 0.5) is 5.69 Å². The van der Waals surface area contributed by atoms with E-state index in [1.54, 1.807) is 49.6 Å². The summed E-state index contributed by atoms with van der Waals surface area (Å²) < 4.78 is 16.1. The van der Waals surface area contributed by atoms with Crippen molar-refractivity contribution in [1.82, 2.24) is 15.0 Å². The van der Waals surface area contributed by atoms with Crippen molar-refractivity contribution in [3.05, 3.63) is 138 Å². The van der Waals surface area contributed by atoms with Gasteiger partial charge in [-0.25, -0.2) is 0 Å². The predicted molar refractivity (Wildman–Crippen MR) is 197 cm³/mol. The van der Waals surface area contributed by atoms with Crippen LogP contribution in [0.25, 0.3) is 34.0 Å². The maximum absolute atomic E-state index is 13.5. The lowest BCUT2D eigenvalue weighted by molar-refractivity contribution is -0.115. The van der Waals surface area contributed by atoms with Gasteiger partial charge in [-0.1, -0.05) is 77.5 Å². The van der Waals surface area contributed by atoms with E-state index in [1.807, 2.05) is 48.5 Å². The first kappa shape index (κ1) is 35.5. The quantitative estimate of drug-likeness (QED) is 0.115. The highest BCUT2D eigenvalue weighted by Gasteiger charge is 2.20. The largest absolute Gasteiger partial charge is 0.493 e. The van der Waals surface area contributed by atoms with E-state index in [1.165, 1.54) is 17.6 Å². The Morgan fingerprint density at radius 2 is 1.35 bits per heavy atom. The van der Waals surface area contributed by atoms with Gasteiger partial charge in [0.15, 0.2) is 17.8 Å². The molecular weight excluding hydrogens is 660 g/mol. The van der Waals surface area contributed by atoms with Crippen LogP contribution in [-0.4, -0.2) is 64.1 Å². The predicted octanol–water partition coefficient (Wildman–Crippen LogP) is 6.53. The van der Waals surface area contributed by atoms with E-state index in [4.69, 9.17) is 14.0 Å². The van der Waals surface area contributed by atoms with Crippen LogP contribution in [0.5, 0.6) is 11.5 Å². The molecule has 2 amide bonds. The molecule has 1 heterocycles. The maximum Gasteiger partial charge on any atom is 0.258 e. The minimum absolute atomic E-state index is 0.110. The number of aryl methyl sites for hydroxylation is 1. The standard InChI is InChI=1S/C41H38N4O7/c1-26-4-9-29(10-5-26)30-13-15-32(16-14-30)40-43-39(44-52-40)31-11-6-27(7-12-31)24-45(25-38(47)48)41(49)33-17-19-34(20-18-33)42-37(46)23-28-8-21-35(50-2)36(22-28)51-3/h4-22,38,47-48H,23-25H2,1-3H3,(H,42,46). The van der Waals surface area contributed by atoms with E-state index in [2.05, 4.69) is 46.6 Å². The number of aromatic nitrogens is 2. The van der Waals surface area contributed by atoms with Gasteiger partial charge in [-0.3, -0.25) is 9.59 Å². The molecule has 0 spiro atoms. The number of nitrogens with zero attached hydrogens (tertiary/aromatic N) is 3. The molecule has 0 fully saturated rings. The number of benzene rings is 5. The Morgan fingerprint density at radius 3 is 1.98 bits per heavy atom. The fourth-order valence-electron chi connectivity index (χ4n) is 5.67. The van der Waals surface area contributed by atoms with Crippen LogP contribution in [0.2, 0.25) is 0 Å². The number of nitrogens with one attached hydrogen (secondary N) is 1. The number of hydrogen-bond donors (Lipinski definition) is 3. The van der Waals surface area contributed by atoms with Crippen molar-refractivity contribution in [2.45, 2.75) is 26.2 Å². The van der Waals surface area contributed by atoms with E-state index in [0.29, 0.717) is 34.5 Å². The van der Waals surface area contributed by atoms with Gasteiger partial charge in [0, 0.05) is 28.9 Å². The first-order valence-corrected chi connectivity index (χ1v) is 16.6. The molecule has 1 aromatic heterocycles. The van der Waals surface area contributed by atoms with E-state index in [-0.39, 0.29) is 25.4 Å². The summed E-state index contributed by atoms with van der Waals surface area (Å²) in [4.78, 5) is 32.1. The second-order valence-electron chi connectivity index (χ2n) is 12.2. The molecular formula is C41H38N4O7. The Balaban J connectivity index is 1.07. The Bertz CT molecular complexity index is 2130. The summed E-state index contributed by atoms with van der Waals surface area (Å²) in [5.41, 5.74) is 7.27. The number of carbonyl (C=O) groups is 2. The second-order valence-corrected chi connectivity index (χ2v) is 12.2. The van der Waals surface area contributed by atoms with Crippen molar-refractivity contribution < 1.29 is 33.8 Å². The molecule has 6 aromatic rings. The molecule has 0 aliphatic carbocycles. The van der Waals surface area contributed by atoms with Crippen molar-refractivity contribution in [2.24, 2.45) is 0 Å². The lowest BCUT2D eigenvalue weighted by Gasteiger charge is -2.24. The molecule has 0 bridgehead atoms. The van der Waals surface area contributed by atoms with Gasteiger partial charge in [0.25, 0.3) is 11.8 Å². The minimum Gasteiger partial charge on any atom is -0.493 e. The zero-order chi connectivity index (χ0) is 36.6. The van der Waals surface area contributed by atoms with Gasteiger partial charge in [0.1, 0.15) is 0 Å². The average Bonchev–Trinajstić information content (AvgIpc) is 3.65. The van der Waals surface area contributed by atoms with E-state index >= 15 is 0 Å². The lowest BCUT2D eigenvalue weighted by atomic mass is 10.0. The number of carbonyl (C=O) groups excluding carboxylic acids is 2. The third-order valence-electron chi connectivity index (χ3n) is 8.43. The number of amides is 2. The zero-order valence-electron chi connectivity index (χ0n) is 28.9. The van der Waals surface area contributed by atoms with Crippen LogP contribution in [0, 0.1) is 6.92 Å². The number of methoxy groups -OCH3 is 2. The number of aliphatic hydroxyl groups is 2. The molecule has 0 unspecified atom stereocenters. The number of ether oxygens (including phenoxy) is 2. The van der Waals surface area contributed by atoms with E-state index in [9.17, 15) is 19.8 Å². The monoisotopic (exact) mass is 698 g/mol. The minimum atomic E-state index is -1.73. The maximum atomic E-state index is 13.5. The second kappa shape index (κ2) is 16.2. The molecule has 11 heteroatoms. The first-order chi connectivity index (χ1) is 25.2. The SMILES string of the molecule is COc1ccc(CC(=O)Nc2ccc(C(=O)N(Cc3ccc(-c4noc(-c5ccc(-c6ccc(C)cc6)cc5)n4)cc3)CC(O)O)cc2)cc1OC. The van der Waals surface area contributed by atoms with Gasteiger partial charge in [-0.15, -0.1) is 0 Å². The third-order valence-corrected chi connectivity index (χ3v) is 8.43. The smallest absolute Gasteiger partial charge is 0.258 e. The van der Waals surface area contributed by atoms with Crippen LogP contribution in [0.1, 0.15) is 27.0 Å². The van der Waals surface area contributed by atoms with Crippen molar-refractivity contribution in [3.63, 3.8) is 0 Å². The molecule has 0 aliphatic rings. The van der Waals surface area contributed by atoms with Gasteiger partial charge < -0.3 is 34.4 Å². The summed E-state index contributed by atoms with van der Waals surface area (Å²) >= 11 is 0. The van der Waals surface area contributed by atoms with Crippen LogP contribution >= 0.6 is 0 Å². The fraction of sp³-hybridized carbons (Fsp3) is 0.171. The van der Waals surface area contributed by atoms with Crippen molar-refractivity contribution >= 4 is 17.5 Å². The summed E-state index contributed by atoms with van der Waals surface area (Å²) in [5, 5.41) is 26.5.